The minimum atomic E-state index is -0.559. The molecule has 142 valence electrons. The summed E-state index contributed by atoms with van der Waals surface area (Å²) in [7, 11) is 1.74. The van der Waals surface area contributed by atoms with Crippen LogP contribution in [0.3, 0.4) is 0 Å². The Morgan fingerprint density at radius 2 is 2.20 bits per heavy atom. The van der Waals surface area contributed by atoms with E-state index in [1.807, 2.05) is 0 Å². The summed E-state index contributed by atoms with van der Waals surface area (Å²) in [5, 5.41) is 6.50. The summed E-state index contributed by atoms with van der Waals surface area (Å²) in [6, 6.07) is 4.03. The average molecular weight is 463 g/mol. The molecule has 2 heterocycles. The zero-order valence-electron chi connectivity index (χ0n) is 15.1. The molecule has 1 saturated heterocycles. The molecule has 4 N–H and O–H groups in total. The van der Waals surface area contributed by atoms with Crippen molar-refractivity contribution in [2.75, 3.05) is 26.7 Å². The Kier molecular flexibility index (Phi) is 9.88. The van der Waals surface area contributed by atoms with Crippen LogP contribution in [0.25, 0.3) is 0 Å². The molecule has 1 aliphatic rings. The number of aliphatic imine (C=N–C) groups is 1. The van der Waals surface area contributed by atoms with Crippen LogP contribution >= 0.6 is 24.0 Å². The Hall–Kier alpha value is -1.29. The van der Waals surface area contributed by atoms with Crippen molar-refractivity contribution in [3.05, 3.63) is 23.7 Å². The molecule has 1 atom stereocenters. The van der Waals surface area contributed by atoms with Gasteiger partial charge >= 0.3 is 0 Å². The number of piperidine rings is 1. The summed E-state index contributed by atoms with van der Waals surface area (Å²) in [5.41, 5.74) is 5.17. The predicted octanol–water partition coefficient (Wildman–Crippen LogP) is 1.93. The van der Waals surface area contributed by atoms with Crippen LogP contribution in [0.1, 0.15) is 48.9 Å². The number of primary amides is 1. The molecule has 25 heavy (non-hydrogen) atoms. The van der Waals surface area contributed by atoms with Crippen molar-refractivity contribution in [3.8, 4) is 0 Å². The number of likely N-dealkylation sites (tertiary alicyclic amines) is 1. The molecule has 1 fully saturated rings. The Morgan fingerprint density at radius 3 is 2.84 bits per heavy atom. The van der Waals surface area contributed by atoms with Crippen LogP contribution in [0.5, 0.6) is 0 Å². The number of rotatable bonds is 7. The molecular formula is C17H30IN5O2. The molecule has 8 heteroatoms. The third-order valence-electron chi connectivity index (χ3n) is 4.47. The molecule has 1 aliphatic heterocycles. The predicted molar refractivity (Wildman–Crippen MR) is 110 cm³/mol. The molecule has 0 spiro atoms. The number of hydrogen-bond acceptors (Lipinski definition) is 4. The maximum Gasteiger partial charge on any atom is 0.284 e. The van der Waals surface area contributed by atoms with E-state index in [2.05, 4.69) is 27.4 Å². The van der Waals surface area contributed by atoms with Gasteiger partial charge in [0.05, 0.1) is 6.54 Å². The van der Waals surface area contributed by atoms with E-state index in [0.717, 1.165) is 19.0 Å². The first-order valence-electron chi connectivity index (χ1n) is 8.71. The summed E-state index contributed by atoms with van der Waals surface area (Å²) in [5.74, 6) is 0.979. The first-order valence-corrected chi connectivity index (χ1v) is 8.71. The van der Waals surface area contributed by atoms with Crippen LogP contribution < -0.4 is 16.4 Å². The number of hydrogen-bond donors (Lipinski definition) is 3. The van der Waals surface area contributed by atoms with E-state index in [0.29, 0.717) is 18.3 Å². The second kappa shape index (κ2) is 11.3. The minimum Gasteiger partial charge on any atom is -0.454 e. The number of nitrogens with two attached hydrogens (primary N) is 1. The van der Waals surface area contributed by atoms with Crippen molar-refractivity contribution in [1.29, 1.82) is 0 Å². The van der Waals surface area contributed by atoms with Crippen LogP contribution in [0, 0.1) is 0 Å². The van der Waals surface area contributed by atoms with E-state index in [1.54, 1.807) is 19.2 Å². The van der Waals surface area contributed by atoms with Gasteiger partial charge in [0.15, 0.2) is 11.7 Å². The number of halogens is 1. The minimum absolute atomic E-state index is 0. The Morgan fingerprint density at radius 1 is 1.40 bits per heavy atom. The van der Waals surface area contributed by atoms with Gasteiger partial charge in [0.1, 0.15) is 5.76 Å². The molecule has 0 saturated carbocycles. The van der Waals surface area contributed by atoms with Gasteiger partial charge < -0.3 is 20.8 Å². The number of carbonyl (C=O) groups excluding carboxylic acids is 1. The van der Waals surface area contributed by atoms with Crippen molar-refractivity contribution in [2.45, 2.75) is 45.2 Å². The number of guanidine groups is 1. The fraction of sp³-hybridized carbons (Fsp3) is 0.647. The van der Waals surface area contributed by atoms with Crippen molar-refractivity contribution >= 4 is 35.8 Å². The molecule has 7 nitrogen and oxygen atoms in total. The van der Waals surface area contributed by atoms with Crippen LogP contribution in [-0.4, -0.2) is 49.5 Å². The number of nitrogens with zero attached hydrogens (tertiary/aromatic N) is 2. The second-order valence-electron chi connectivity index (χ2n) is 6.08. The molecule has 1 aromatic rings. The maximum absolute atomic E-state index is 11.0. The molecule has 2 rings (SSSR count). The van der Waals surface area contributed by atoms with Crippen LogP contribution in [-0.2, 0) is 6.54 Å². The summed E-state index contributed by atoms with van der Waals surface area (Å²) >= 11 is 0. The molecule has 0 aliphatic carbocycles. The number of nitrogens with one attached hydrogen (secondary N) is 2. The molecular weight excluding hydrogens is 433 g/mol. The molecule has 0 bridgehead atoms. The SMILES string of the molecule is CCC1CCCCN1CCNC(=NC)NCc1ccc(C(N)=O)o1.I. The summed E-state index contributed by atoms with van der Waals surface area (Å²) in [6.07, 6.45) is 5.17. The van der Waals surface area contributed by atoms with Gasteiger partial charge in [-0.2, -0.15) is 0 Å². The quantitative estimate of drug-likeness (QED) is 0.326. The van der Waals surface area contributed by atoms with Gasteiger partial charge in [-0.3, -0.25) is 14.7 Å². The van der Waals surface area contributed by atoms with E-state index < -0.39 is 5.91 Å². The topological polar surface area (TPSA) is 95.9 Å². The Labute approximate surface area is 166 Å². The number of furan rings is 1. The van der Waals surface area contributed by atoms with E-state index in [4.69, 9.17) is 10.2 Å². The Balaban J connectivity index is 0.00000312. The normalized spacial score (nSPS) is 18.5. The molecule has 1 aromatic heterocycles. The van der Waals surface area contributed by atoms with Gasteiger partial charge in [0.25, 0.3) is 5.91 Å². The van der Waals surface area contributed by atoms with Gasteiger partial charge in [-0.1, -0.05) is 13.3 Å². The third-order valence-corrected chi connectivity index (χ3v) is 4.47. The van der Waals surface area contributed by atoms with Gasteiger partial charge in [0.2, 0.25) is 0 Å². The summed E-state index contributed by atoms with van der Waals surface area (Å²) in [6.45, 7) is 5.77. The van der Waals surface area contributed by atoms with Crippen molar-refractivity contribution in [3.63, 3.8) is 0 Å². The third kappa shape index (κ3) is 6.85. The van der Waals surface area contributed by atoms with Crippen molar-refractivity contribution in [1.82, 2.24) is 15.5 Å². The summed E-state index contributed by atoms with van der Waals surface area (Å²) < 4.78 is 5.34. The van der Waals surface area contributed by atoms with Crippen molar-refractivity contribution < 1.29 is 9.21 Å². The molecule has 1 unspecified atom stereocenters. The van der Waals surface area contributed by atoms with Crippen LogP contribution in [0.2, 0.25) is 0 Å². The first kappa shape index (κ1) is 21.8. The van der Waals surface area contributed by atoms with E-state index in [-0.39, 0.29) is 29.7 Å². The van der Waals surface area contributed by atoms with Crippen LogP contribution in [0.4, 0.5) is 0 Å². The summed E-state index contributed by atoms with van der Waals surface area (Å²) in [4.78, 5) is 17.8. The first-order chi connectivity index (χ1) is 11.6. The largest absolute Gasteiger partial charge is 0.454 e. The van der Waals surface area contributed by atoms with E-state index in [1.165, 1.54) is 32.2 Å². The Bertz CT molecular complexity index is 561. The highest BCUT2D eigenvalue weighted by molar-refractivity contribution is 14.0. The smallest absolute Gasteiger partial charge is 0.284 e. The molecule has 0 aromatic carbocycles. The fourth-order valence-electron chi connectivity index (χ4n) is 3.13. The van der Waals surface area contributed by atoms with Crippen molar-refractivity contribution in [2.24, 2.45) is 10.7 Å². The van der Waals surface area contributed by atoms with E-state index in [9.17, 15) is 4.79 Å². The lowest BCUT2D eigenvalue weighted by Gasteiger charge is -2.35. The highest BCUT2D eigenvalue weighted by Gasteiger charge is 2.19. The lowest BCUT2D eigenvalue weighted by Crippen LogP contribution is -2.45. The standard InChI is InChI=1S/C17H29N5O2.HI/c1-3-13-6-4-5-10-22(13)11-9-20-17(19-2)21-12-14-7-8-15(24-14)16(18)23;/h7-8,13H,3-6,9-12H2,1-2H3,(H2,18,23)(H2,19,20,21);1H. The second-order valence-corrected chi connectivity index (χ2v) is 6.08. The number of amides is 1. The van der Waals surface area contributed by atoms with Gasteiger partial charge in [-0.25, -0.2) is 0 Å². The van der Waals surface area contributed by atoms with Gasteiger partial charge in [0, 0.05) is 26.2 Å². The fourth-order valence-corrected chi connectivity index (χ4v) is 3.13. The highest BCUT2D eigenvalue weighted by Crippen LogP contribution is 2.18. The van der Waals surface area contributed by atoms with Gasteiger partial charge in [-0.05, 0) is 37.9 Å². The van der Waals surface area contributed by atoms with Crippen LogP contribution in [0.15, 0.2) is 21.5 Å². The van der Waals surface area contributed by atoms with Gasteiger partial charge in [-0.15, -0.1) is 24.0 Å². The number of carbonyl (C=O) groups is 1. The zero-order chi connectivity index (χ0) is 17.4. The lowest BCUT2D eigenvalue weighted by atomic mass is 10.0. The average Bonchev–Trinajstić information content (AvgIpc) is 3.07. The molecule has 1 amide bonds. The monoisotopic (exact) mass is 463 g/mol. The maximum atomic E-state index is 11.0. The zero-order valence-corrected chi connectivity index (χ0v) is 17.4. The highest BCUT2D eigenvalue weighted by atomic mass is 127. The van der Waals surface area contributed by atoms with E-state index >= 15 is 0 Å². The molecule has 0 radical (unpaired) electrons. The lowest BCUT2D eigenvalue weighted by molar-refractivity contribution is 0.0972.